The first-order chi connectivity index (χ1) is 8.95. The monoisotopic (exact) mass is 281 g/mol. The van der Waals surface area contributed by atoms with Gasteiger partial charge in [-0.25, -0.2) is 9.97 Å². The molecule has 1 aromatic rings. The average Bonchev–Trinajstić information content (AvgIpc) is 2.26. The molecule has 0 aromatic carbocycles. The van der Waals surface area contributed by atoms with E-state index in [1.54, 1.807) is 27.7 Å². The summed E-state index contributed by atoms with van der Waals surface area (Å²) in [6, 6.07) is 0. The molecule has 0 radical (unpaired) electrons. The second kappa shape index (κ2) is 5.67. The molecule has 7 heteroatoms. The van der Waals surface area contributed by atoms with Gasteiger partial charge in [-0.1, -0.05) is 13.8 Å². The number of nitrogen functional groups attached to an aromatic ring is 1. The summed E-state index contributed by atoms with van der Waals surface area (Å²) < 4.78 is 5.52. The maximum Gasteiger partial charge on any atom is 0.497 e. The van der Waals surface area contributed by atoms with Gasteiger partial charge in [-0.3, -0.25) is 0 Å². The van der Waals surface area contributed by atoms with Gasteiger partial charge in [0.2, 0.25) is 0 Å². The van der Waals surface area contributed by atoms with Crippen LogP contribution in [-0.2, 0) is 4.65 Å². The molecule has 20 heavy (non-hydrogen) atoms. The Morgan fingerprint density at radius 1 is 1.30 bits per heavy atom. The topological polar surface area (TPSA) is 101 Å². The summed E-state index contributed by atoms with van der Waals surface area (Å²) in [6.45, 7) is 10.5. The van der Waals surface area contributed by atoms with E-state index in [1.807, 2.05) is 13.8 Å². The minimum Gasteiger partial charge on any atom is -0.423 e. The number of anilines is 1. The fourth-order valence-electron chi connectivity index (χ4n) is 1.37. The Hall–Kier alpha value is -1.18. The molecule has 1 aromatic heterocycles. The van der Waals surface area contributed by atoms with E-state index >= 15 is 0 Å². The zero-order valence-corrected chi connectivity index (χ0v) is 13.0. The van der Waals surface area contributed by atoms with Crippen molar-refractivity contribution in [2.24, 2.45) is 0 Å². The average molecular weight is 281 g/mol. The molecule has 0 spiro atoms. The summed E-state index contributed by atoms with van der Waals surface area (Å²) in [5.41, 5.74) is 4.05. The first-order valence-electron chi connectivity index (χ1n) is 6.66. The molecular formula is C13H24BN3O3. The smallest absolute Gasteiger partial charge is 0.423 e. The van der Waals surface area contributed by atoms with Crippen molar-refractivity contribution in [2.45, 2.75) is 58.7 Å². The highest BCUT2D eigenvalue weighted by Gasteiger charge is 2.40. The minimum atomic E-state index is -1.29. The third-order valence-electron chi connectivity index (χ3n) is 3.53. The van der Waals surface area contributed by atoms with Crippen molar-refractivity contribution in [3.63, 3.8) is 0 Å². The number of hydrogen-bond donors (Lipinski definition) is 3. The predicted octanol–water partition coefficient (Wildman–Crippen LogP) is 0.436. The van der Waals surface area contributed by atoms with Gasteiger partial charge in [-0.2, -0.15) is 0 Å². The number of nitrogens with zero attached hydrogens (tertiary/aromatic N) is 2. The molecule has 6 nitrogen and oxygen atoms in total. The van der Waals surface area contributed by atoms with Crippen LogP contribution in [0, 0.1) is 0 Å². The molecule has 0 saturated carbocycles. The van der Waals surface area contributed by atoms with Crippen molar-refractivity contribution >= 4 is 18.4 Å². The Morgan fingerprint density at radius 3 is 2.25 bits per heavy atom. The maximum atomic E-state index is 10.1. The standard InChI is InChI=1S/C13H24BN3O3/c1-8(2)11-16-7-9(10(15)17-11)14(19)20-13(5,6)12(3,4)18/h7-8,18-19H,1-6H3,(H2,15,16,17). The van der Waals surface area contributed by atoms with Crippen LogP contribution in [0.5, 0.6) is 0 Å². The summed E-state index contributed by atoms with van der Waals surface area (Å²) in [6.07, 6.45) is 1.46. The highest BCUT2D eigenvalue weighted by Crippen LogP contribution is 2.25. The summed E-state index contributed by atoms with van der Waals surface area (Å²) in [7, 11) is -1.29. The number of aliphatic hydroxyl groups is 1. The van der Waals surface area contributed by atoms with E-state index in [0.29, 0.717) is 11.3 Å². The Kier molecular flexibility index (Phi) is 4.79. The first kappa shape index (κ1) is 16.9. The van der Waals surface area contributed by atoms with Crippen molar-refractivity contribution in [2.75, 3.05) is 5.73 Å². The van der Waals surface area contributed by atoms with E-state index in [9.17, 15) is 10.1 Å². The fourth-order valence-corrected chi connectivity index (χ4v) is 1.37. The van der Waals surface area contributed by atoms with Gasteiger partial charge in [0.1, 0.15) is 11.6 Å². The molecule has 0 unspecified atom stereocenters. The fraction of sp³-hybridized carbons (Fsp3) is 0.692. The van der Waals surface area contributed by atoms with Crippen molar-refractivity contribution < 1.29 is 14.8 Å². The van der Waals surface area contributed by atoms with E-state index in [-0.39, 0.29) is 11.7 Å². The van der Waals surface area contributed by atoms with Crippen molar-refractivity contribution in [1.29, 1.82) is 0 Å². The lowest BCUT2D eigenvalue weighted by Gasteiger charge is -2.38. The first-order valence-corrected chi connectivity index (χ1v) is 6.66. The van der Waals surface area contributed by atoms with Gasteiger partial charge in [0.05, 0.1) is 11.2 Å². The quantitative estimate of drug-likeness (QED) is 0.677. The summed E-state index contributed by atoms with van der Waals surface area (Å²) >= 11 is 0. The van der Waals surface area contributed by atoms with Crippen molar-refractivity contribution in [1.82, 2.24) is 9.97 Å². The lowest BCUT2D eigenvalue weighted by molar-refractivity contribution is -0.0982. The van der Waals surface area contributed by atoms with Crippen LogP contribution < -0.4 is 11.2 Å². The summed E-state index contributed by atoms with van der Waals surface area (Å²) in [4.78, 5) is 8.31. The Balaban J connectivity index is 2.96. The van der Waals surface area contributed by atoms with Crippen LogP contribution in [0.3, 0.4) is 0 Å². The van der Waals surface area contributed by atoms with Gasteiger partial charge < -0.3 is 20.5 Å². The number of rotatable bonds is 5. The van der Waals surface area contributed by atoms with Crippen molar-refractivity contribution in [3.8, 4) is 0 Å². The van der Waals surface area contributed by atoms with E-state index in [1.165, 1.54) is 6.20 Å². The van der Waals surface area contributed by atoms with Gasteiger partial charge in [-0.05, 0) is 27.7 Å². The zero-order chi connectivity index (χ0) is 15.7. The number of nitrogens with two attached hydrogens (primary N) is 1. The van der Waals surface area contributed by atoms with Crippen LogP contribution in [0.15, 0.2) is 6.20 Å². The molecule has 0 aliphatic heterocycles. The van der Waals surface area contributed by atoms with Gasteiger partial charge in [0, 0.05) is 17.6 Å². The molecule has 0 saturated heterocycles. The SMILES string of the molecule is CC(C)c1ncc(B(O)OC(C)(C)C(C)(C)O)c(N)n1. The molecule has 0 aliphatic carbocycles. The number of hydrogen-bond acceptors (Lipinski definition) is 6. The second-order valence-electron chi connectivity index (χ2n) is 6.26. The van der Waals surface area contributed by atoms with E-state index < -0.39 is 18.3 Å². The molecule has 0 aliphatic rings. The van der Waals surface area contributed by atoms with Gasteiger partial charge in [0.15, 0.2) is 0 Å². The predicted molar refractivity (Wildman–Crippen MR) is 79.6 cm³/mol. The van der Waals surface area contributed by atoms with Crippen LogP contribution in [-0.4, -0.2) is 38.4 Å². The molecular weight excluding hydrogens is 257 g/mol. The molecule has 0 bridgehead atoms. The Morgan fingerprint density at radius 2 is 1.85 bits per heavy atom. The van der Waals surface area contributed by atoms with E-state index in [2.05, 4.69) is 9.97 Å². The van der Waals surface area contributed by atoms with Crippen LogP contribution in [0.1, 0.15) is 53.3 Å². The molecule has 1 heterocycles. The van der Waals surface area contributed by atoms with Crippen LogP contribution in [0.4, 0.5) is 5.82 Å². The lowest BCUT2D eigenvalue weighted by Crippen LogP contribution is -2.53. The molecule has 0 fully saturated rings. The molecule has 1 rings (SSSR count). The molecule has 0 amide bonds. The lowest BCUT2D eigenvalue weighted by atomic mass is 9.77. The normalized spacial score (nSPS) is 12.8. The van der Waals surface area contributed by atoms with Crippen LogP contribution in [0.25, 0.3) is 0 Å². The van der Waals surface area contributed by atoms with Gasteiger partial charge >= 0.3 is 7.12 Å². The minimum absolute atomic E-state index is 0.150. The second-order valence-corrected chi connectivity index (χ2v) is 6.26. The summed E-state index contributed by atoms with van der Waals surface area (Å²) in [5, 5.41) is 20.2. The third kappa shape index (κ3) is 3.68. The summed E-state index contributed by atoms with van der Waals surface area (Å²) in [5.74, 6) is 0.945. The Bertz CT molecular complexity index is 472. The molecule has 4 N–H and O–H groups in total. The van der Waals surface area contributed by atoms with Crippen LogP contribution >= 0.6 is 0 Å². The Labute approximate surface area is 120 Å². The molecule has 112 valence electrons. The maximum absolute atomic E-state index is 10.1. The largest absolute Gasteiger partial charge is 0.497 e. The van der Waals surface area contributed by atoms with E-state index in [4.69, 9.17) is 10.4 Å². The van der Waals surface area contributed by atoms with Gasteiger partial charge in [0.25, 0.3) is 0 Å². The van der Waals surface area contributed by atoms with Crippen molar-refractivity contribution in [3.05, 3.63) is 12.0 Å². The third-order valence-corrected chi connectivity index (χ3v) is 3.53. The zero-order valence-electron chi connectivity index (χ0n) is 13.0. The van der Waals surface area contributed by atoms with Gasteiger partial charge in [-0.15, -0.1) is 0 Å². The van der Waals surface area contributed by atoms with E-state index in [0.717, 1.165) is 0 Å². The highest BCUT2D eigenvalue weighted by molar-refractivity contribution is 6.61. The molecule has 0 atom stereocenters. The van der Waals surface area contributed by atoms with Crippen LogP contribution in [0.2, 0.25) is 0 Å². The highest BCUT2D eigenvalue weighted by atomic mass is 16.5. The number of aromatic nitrogens is 2.